The van der Waals surface area contributed by atoms with E-state index in [1.165, 1.54) is 12.1 Å². The molecular weight excluding hydrogens is 456 g/mol. The number of carbonyl (C=O) groups is 2. The molecule has 1 N–H and O–H groups in total. The van der Waals surface area contributed by atoms with Gasteiger partial charge in [-0.3, -0.25) is 14.9 Å². The highest BCUT2D eigenvalue weighted by molar-refractivity contribution is 6.04. The molecule has 3 aliphatic heterocycles. The molecule has 35 heavy (non-hydrogen) atoms. The van der Waals surface area contributed by atoms with Crippen molar-refractivity contribution in [2.75, 3.05) is 20.0 Å². The molecule has 5 rings (SSSR count). The van der Waals surface area contributed by atoms with Crippen LogP contribution in [0.2, 0.25) is 0 Å². The summed E-state index contributed by atoms with van der Waals surface area (Å²) in [5, 5.41) is 15.4. The van der Waals surface area contributed by atoms with Crippen LogP contribution in [0.5, 0.6) is 11.5 Å². The van der Waals surface area contributed by atoms with Gasteiger partial charge in [-0.15, -0.1) is 0 Å². The molecule has 0 unspecified atom stereocenters. The minimum absolute atomic E-state index is 0.0611. The third-order valence-electron chi connectivity index (χ3n) is 6.91. The van der Waals surface area contributed by atoms with E-state index in [-0.39, 0.29) is 59.7 Å². The number of hydrogen-bond acceptors (Lipinski definition) is 9. The van der Waals surface area contributed by atoms with E-state index in [0.29, 0.717) is 35.7 Å². The quantitative estimate of drug-likeness (QED) is 0.378. The van der Waals surface area contributed by atoms with Crippen molar-refractivity contribution in [3.63, 3.8) is 0 Å². The second kappa shape index (κ2) is 8.67. The van der Waals surface area contributed by atoms with Crippen molar-refractivity contribution >= 4 is 17.4 Å². The van der Waals surface area contributed by atoms with Gasteiger partial charge in [-0.1, -0.05) is 13.8 Å². The van der Waals surface area contributed by atoms with Crippen molar-refractivity contribution in [1.29, 1.82) is 0 Å². The summed E-state index contributed by atoms with van der Waals surface area (Å²) in [7, 11) is 0. The van der Waals surface area contributed by atoms with E-state index in [4.69, 9.17) is 18.9 Å². The molecule has 186 valence electrons. The monoisotopic (exact) mass is 484 g/mol. The number of nitrogens with zero attached hydrogens (tertiary/aromatic N) is 1. The molecule has 1 saturated heterocycles. The van der Waals surface area contributed by atoms with Gasteiger partial charge in [0.2, 0.25) is 6.79 Å². The highest BCUT2D eigenvalue weighted by Gasteiger charge is 2.46. The Morgan fingerprint density at radius 2 is 2.00 bits per heavy atom. The molecule has 1 fully saturated rings. The number of nitrogens with one attached hydrogen (secondary N) is 1. The Morgan fingerprint density at radius 1 is 1.26 bits per heavy atom. The fourth-order valence-corrected chi connectivity index (χ4v) is 5.38. The van der Waals surface area contributed by atoms with Crippen LogP contribution < -0.4 is 14.8 Å². The first-order valence-corrected chi connectivity index (χ1v) is 11.8. The summed E-state index contributed by atoms with van der Waals surface area (Å²) in [6.07, 6.45) is 2.35. The van der Waals surface area contributed by atoms with Crippen LogP contribution in [0.15, 0.2) is 34.7 Å². The molecule has 0 bridgehead atoms. The van der Waals surface area contributed by atoms with E-state index in [9.17, 15) is 19.7 Å². The van der Waals surface area contributed by atoms with Gasteiger partial charge in [-0.2, -0.15) is 0 Å². The topological polar surface area (TPSA) is 126 Å². The minimum Gasteiger partial charge on any atom is -0.459 e. The van der Waals surface area contributed by atoms with E-state index in [2.05, 4.69) is 5.32 Å². The number of hydrogen-bond donors (Lipinski definition) is 1. The summed E-state index contributed by atoms with van der Waals surface area (Å²) >= 11 is 0. The van der Waals surface area contributed by atoms with Crippen molar-refractivity contribution in [3.8, 4) is 11.5 Å². The van der Waals surface area contributed by atoms with Gasteiger partial charge >= 0.3 is 5.97 Å². The fourth-order valence-electron chi connectivity index (χ4n) is 5.38. The van der Waals surface area contributed by atoms with E-state index in [1.54, 1.807) is 6.92 Å². The highest BCUT2D eigenvalue weighted by atomic mass is 16.7. The van der Waals surface area contributed by atoms with Crippen LogP contribution in [0.1, 0.15) is 57.9 Å². The minimum atomic E-state index is -0.971. The number of fused-ring (bicyclic) bond motifs is 1. The van der Waals surface area contributed by atoms with Gasteiger partial charge in [0.1, 0.15) is 6.61 Å². The fraction of sp³-hybridized carbons (Fsp3) is 0.520. The molecule has 3 heterocycles. The average molecular weight is 485 g/mol. The third kappa shape index (κ3) is 4.27. The predicted molar refractivity (Wildman–Crippen MR) is 123 cm³/mol. The zero-order valence-electron chi connectivity index (χ0n) is 20.0. The molecule has 0 spiro atoms. The molecule has 0 saturated carbocycles. The summed E-state index contributed by atoms with van der Waals surface area (Å²) in [5.74, 6) is -1.17. The van der Waals surface area contributed by atoms with Crippen LogP contribution in [0, 0.1) is 15.5 Å². The smallest absolute Gasteiger partial charge is 0.336 e. The zero-order chi connectivity index (χ0) is 24.9. The lowest BCUT2D eigenvalue weighted by atomic mass is 9.68. The van der Waals surface area contributed by atoms with E-state index in [0.717, 1.165) is 12.8 Å². The maximum Gasteiger partial charge on any atom is 0.336 e. The summed E-state index contributed by atoms with van der Waals surface area (Å²) < 4.78 is 22.0. The number of ether oxygens (including phenoxy) is 4. The van der Waals surface area contributed by atoms with E-state index < -0.39 is 16.8 Å². The number of carbonyl (C=O) groups excluding carboxylic acids is 2. The number of allylic oxidation sites excluding steroid dienone is 3. The van der Waals surface area contributed by atoms with Crippen molar-refractivity contribution in [3.05, 3.63) is 50.4 Å². The van der Waals surface area contributed by atoms with Crippen molar-refractivity contribution in [2.24, 2.45) is 5.41 Å². The van der Waals surface area contributed by atoms with Crippen LogP contribution in [0.3, 0.4) is 0 Å². The van der Waals surface area contributed by atoms with Gasteiger partial charge in [0, 0.05) is 35.6 Å². The average Bonchev–Trinajstić information content (AvgIpc) is 3.46. The first-order valence-electron chi connectivity index (χ1n) is 11.8. The molecule has 0 radical (unpaired) electrons. The van der Waals surface area contributed by atoms with Gasteiger partial charge < -0.3 is 24.3 Å². The van der Waals surface area contributed by atoms with Crippen LogP contribution in [0.25, 0.3) is 0 Å². The third-order valence-corrected chi connectivity index (χ3v) is 6.91. The Hall–Kier alpha value is -3.40. The number of nitro benzene ring substituents is 1. The molecular formula is C25H28N2O8. The molecule has 1 aromatic rings. The second-order valence-corrected chi connectivity index (χ2v) is 10.2. The zero-order valence-corrected chi connectivity index (χ0v) is 20.0. The Morgan fingerprint density at radius 3 is 2.69 bits per heavy atom. The van der Waals surface area contributed by atoms with Crippen LogP contribution in [0.4, 0.5) is 5.69 Å². The Labute approximate surface area is 202 Å². The second-order valence-electron chi connectivity index (χ2n) is 10.2. The van der Waals surface area contributed by atoms with Gasteiger partial charge in [0.25, 0.3) is 5.69 Å². The Bertz CT molecular complexity index is 1180. The predicted octanol–water partition coefficient (Wildman–Crippen LogP) is 3.65. The number of ketones is 1. The summed E-state index contributed by atoms with van der Waals surface area (Å²) in [6.45, 7) is 6.37. The molecule has 1 aromatic carbocycles. The molecule has 4 aliphatic rings. The largest absolute Gasteiger partial charge is 0.459 e. The number of esters is 1. The highest BCUT2D eigenvalue weighted by Crippen LogP contribution is 2.51. The van der Waals surface area contributed by atoms with Crippen LogP contribution >= 0.6 is 0 Å². The number of dihydropyridines is 1. The van der Waals surface area contributed by atoms with Crippen molar-refractivity contribution < 1.29 is 33.5 Å². The lowest BCUT2D eigenvalue weighted by molar-refractivity contribution is -0.385. The molecule has 10 nitrogen and oxygen atoms in total. The molecule has 10 heteroatoms. The summed E-state index contributed by atoms with van der Waals surface area (Å²) in [5.41, 5.74) is 1.39. The number of rotatable bonds is 5. The Balaban J connectivity index is 1.63. The molecule has 1 aliphatic carbocycles. The van der Waals surface area contributed by atoms with Crippen LogP contribution in [-0.2, 0) is 19.1 Å². The van der Waals surface area contributed by atoms with Gasteiger partial charge in [0.15, 0.2) is 17.3 Å². The summed E-state index contributed by atoms with van der Waals surface area (Å²) in [4.78, 5) is 38.5. The molecule has 0 amide bonds. The number of benzene rings is 1. The maximum absolute atomic E-state index is 13.5. The Kier molecular flexibility index (Phi) is 5.79. The first-order chi connectivity index (χ1) is 16.6. The standard InChI is InChI=1S/C25H28N2O8/c1-13-21(24(29)33-11-14-5-4-6-32-14)22(23-16(26-13)9-25(2,3)10-18(23)28)15-7-19-20(35-12-34-19)8-17(15)27(30)31/h7-8,14,22,26H,4-6,9-12H2,1-3H3/t14-,22+/m1/s1. The molecule has 0 aromatic heterocycles. The van der Waals surface area contributed by atoms with E-state index >= 15 is 0 Å². The number of nitro groups is 1. The van der Waals surface area contributed by atoms with E-state index in [1.807, 2.05) is 13.8 Å². The molecule has 2 atom stereocenters. The lowest BCUT2D eigenvalue weighted by Crippen LogP contribution is -2.39. The van der Waals surface area contributed by atoms with Gasteiger partial charge in [-0.25, -0.2) is 4.79 Å². The summed E-state index contributed by atoms with van der Waals surface area (Å²) in [6, 6.07) is 2.80. The van der Waals surface area contributed by atoms with Crippen molar-refractivity contribution in [2.45, 2.75) is 58.5 Å². The van der Waals surface area contributed by atoms with Crippen molar-refractivity contribution in [1.82, 2.24) is 5.32 Å². The van der Waals surface area contributed by atoms with Gasteiger partial charge in [0.05, 0.1) is 28.6 Å². The normalized spacial score (nSPS) is 24.8. The first kappa shape index (κ1) is 23.3. The lowest BCUT2D eigenvalue weighted by Gasteiger charge is -2.39. The number of Topliss-reactive ketones (excluding diaryl/α,β-unsaturated/α-hetero) is 1. The van der Waals surface area contributed by atoms with Crippen LogP contribution in [-0.4, -0.2) is 42.8 Å². The SMILES string of the molecule is CC1=C(C(=O)OC[C@H]2CCCO2)[C@H](c2cc3c(cc2[N+](=O)[O-])OCO3)C2=C(CC(C)(C)CC2=O)N1. The van der Waals surface area contributed by atoms with Gasteiger partial charge in [-0.05, 0) is 37.7 Å². The maximum atomic E-state index is 13.5.